The van der Waals surface area contributed by atoms with E-state index in [1.54, 1.807) is 13.1 Å². The van der Waals surface area contributed by atoms with E-state index >= 15 is 0 Å². The lowest BCUT2D eigenvalue weighted by molar-refractivity contribution is 0.359. The van der Waals surface area contributed by atoms with Gasteiger partial charge in [-0.1, -0.05) is 6.92 Å². The summed E-state index contributed by atoms with van der Waals surface area (Å²) >= 11 is 1.34. The van der Waals surface area contributed by atoms with Crippen molar-refractivity contribution in [3.63, 3.8) is 0 Å². The summed E-state index contributed by atoms with van der Waals surface area (Å²) in [5.41, 5.74) is 0. The summed E-state index contributed by atoms with van der Waals surface area (Å²) in [6, 6.07) is 3.57. The van der Waals surface area contributed by atoms with Crippen LogP contribution in [0.25, 0.3) is 0 Å². The maximum atomic E-state index is 12.3. The van der Waals surface area contributed by atoms with Crippen molar-refractivity contribution in [2.75, 3.05) is 40.8 Å². The maximum Gasteiger partial charge on any atom is 0.252 e. The van der Waals surface area contributed by atoms with E-state index in [0.29, 0.717) is 17.3 Å². The molecule has 1 aromatic heterocycles. The number of hydrogen-bond donors (Lipinski definition) is 1. The molecule has 1 heterocycles. The first-order chi connectivity index (χ1) is 8.87. The third kappa shape index (κ3) is 4.85. The van der Waals surface area contributed by atoms with Gasteiger partial charge in [-0.15, -0.1) is 11.3 Å². The molecule has 1 rings (SSSR count). The van der Waals surface area contributed by atoms with E-state index in [4.69, 9.17) is 0 Å². The first-order valence-corrected chi connectivity index (χ1v) is 8.54. The zero-order chi connectivity index (χ0) is 14.5. The first-order valence-electron chi connectivity index (χ1n) is 6.28. The van der Waals surface area contributed by atoms with Crippen LogP contribution in [0.4, 0.5) is 0 Å². The van der Waals surface area contributed by atoms with Gasteiger partial charge in [0.2, 0.25) is 0 Å². The Bertz CT molecular complexity index is 483. The van der Waals surface area contributed by atoms with Crippen molar-refractivity contribution in [3.8, 4) is 0 Å². The minimum atomic E-state index is -3.34. The van der Waals surface area contributed by atoms with Crippen molar-refractivity contribution < 1.29 is 8.42 Å². The van der Waals surface area contributed by atoms with Crippen LogP contribution in [0.2, 0.25) is 0 Å². The minimum Gasteiger partial charge on any atom is -0.312 e. The van der Waals surface area contributed by atoms with E-state index < -0.39 is 10.0 Å². The lowest BCUT2D eigenvalue weighted by Gasteiger charge is -2.18. The summed E-state index contributed by atoms with van der Waals surface area (Å²) in [4.78, 5) is 3.01. The summed E-state index contributed by atoms with van der Waals surface area (Å²) in [6.45, 7) is 4.84. The summed E-state index contributed by atoms with van der Waals surface area (Å²) in [5.74, 6) is 0. The van der Waals surface area contributed by atoms with Gasteiger partial charge in [0, 0.05) is 31.6 Å². The molecule has 0 radical (unpaired) electrons. The van der Waals surface area contributed by atoms with Crippen molar-refractivity contribution in [3.05, 3.63) is 17.0 Å². The molecular weight excluding hydrogens is 282 g/mol. The highest BCUT2D eigenvalue weighted by molar-refractivity contribution is 7.91. The van der Waals surface area contributed by atoms with Crippen LogP contribution in [-0.4, -0.2) is 58.4 Å². The lowest BCUT2D eigenvalue weighted by atomic mass is 10.4. The molecule has 0 aliphatic heterocycles. The van der Waals surface area contributed by atoms with Gasteiger partial charge >= 0.3 is 0 Å². The highest BCUT2D eigenvalue weighted by Gasteiger charge is 2.22. The van der Waals surface area contributed by atoms with Gasteiger partial charge in [0.05, 0.1) is 0 Å². The second-order valence-electron chi connectivity index (χ2n) is 4.63. The number of thiophene rings is 1. The predicted molar refractivity (Wildman–Crippen MR) is 80.1 cm³/mol. The molecule has 0 saturated carbocycles. The van der Waals surface area contributed by atoms with Crippen LogP contribution in [-0.2, 0) is 16.6 Å². The Labute approximate surface area is 120 Å². The van der Waals surface area contributed by atoms with Crippen molar-refractivity contribution >= 4 is 21.4 Å². The van der Waals surface area contributed by atoms with Crippen LogP contribution in [0.3, 0.4) is 0 Å². The molecule has 0 aliphatic carbocycles. The molecule has 0 fully saturated rings. The molecule has 0 bridgehead atoms. The Morgan fingerprint density at radius 3 is 2.47 bits per heavy atom. The van der Waals surface area contributed by atoms with Gasteiger partial charge in [-0.2, -0.15) is 4.31 Å². The maximum absolute atomic E-state index is 12.3. The quantitative estimate of drug-likeness (QED) is 0.780. The van der Waals surface area contributed by atoms with Gasteiger partial charge in [0.25, 0.3) is 10.0 Å². The molecule has 0 unspecified atom stereocenters. The van der Waals surface area contributed by atoms with Crippen LogP contribution in [0.1, 0.15) is 11.8 Å². The first kappa shape index (κ1) is 16.6. The normalized spacial score (nSPS) is 12.5. The van der Waals surface area contributed by atoms with Gasteiger partial charge in [-0.25, -0.2) is 8.42 Å². The molecule has 7 heteroatoms. The average Bonchev–Trinajstić information content (AvgIpc) is 2.82. The van der Waals surface area contributed by atoms with Crippen LogP contribution < -0.4 is 5.32 Å². The molecule has 19 heavy (non-hydrogen) atoms. The van der Waals surface area contributed by atoms with E-state index in [-0.39, 0.29) is 0 Å². The van der Waals surface area contributed by atoms with Gasteiger partial charge in [0.15, 0.2) is 0 Å². The average molecular weight is 305 g/mol. The van der Waals surface area contributed by atoms with Gasteiger partial charge in [-0.05, 0) is 32.8 Å². The Balaban J connectivity index is 2.73. The van der Waals surface area contributed by atoms with Crippen LogP contribution in [0.15, 0.2) is 16.3 Å². The van der Waals surface area contributed by atoms with E-state index in [0.717, 1.165) is 18.0 Å². The van der Waals surface area contributed by atoms with Gasteiger partial charge in [0.1, 0.15) is 4.21 Å². The molecule has 0 spiro atoms. The van der Waals surface area contributed by atoms with Crippen LogP contribution in [0, 0.1) is 0 Å². The summed E-state index contributed by atoms with van der Waals surface area (Å²) in [5, 5.41) is 3.19. The van der Waals surface area contributed by atoms with Gasteiger partial charge < -0.3 is 10.2 Å². The molecule has 0 atom stereocenters. The van der Waals surface area contributed by atoms with Crippen LogP contribution in [0.5, 0.6) is 0 Å². The fraction of sp³-hybridized carbons (Fsp3) is 0.667. The predicted octanol–water partition coefficient (Wildman–Crippen LogP) is 1.04. The smallest absolute Gasteiger partial charge is 0.252 e. The Morgan fingerprint density at radius 2 is 1.89 bits per heavy atom. The molecule has 1 aromatic rings. The molecule has 0 aromatic carbocycles. The summed E-state index contributed by atoms with van der Waals surface area (Å²) < 4.78 is 26.5. The Hall–Kier alpha value is -0.470. The number of nitrogens with zero attached hydrogens (tertiary/aromatic N) is 2. The lowest BCUT2D eigenvalue weighted by Crippen LogP contribution is -2.33. The molecular formula is C12H23N3O2S2. The molecule has 0 amide bonds. The minimum absolute atomic E-state index is 0.418. The van der Waals surface area contributed by atoms with Crippen LogP contribution >= 0.6 is 11.3 Å². The molecule has 1 N–H and O–H groups in total. The number of rotatable bonds is 8. The monoisotopic (exact) mass is 305 g/mol. The zero-order valence-corrected chi connectivity index (χ0v) is 13.6. The Kier molecular flexibility index (Phi) is 6.41. The SMILES string of the molecule is CCNCc1ccc(S(=O)(=O)N(C)CCN(C)C)s1. The molecule has 0 aliphatic rings. The van der Waals surface area contributed by atoms with E-state index in [9.17, 15) is 8.42 Å². The number of likely N-dealkylation sites (N-methyl/N-ethyl adjacent to an activating group) is 2. The molecule has 5 nitrogen and oxygen atoms in total. The summed E-state index contributed by atoms with van der Waals surface area (Å²) in [7, 11) is 2.15. The zero-order valence-electron chi connectivity index (χ0n) is 12.0. The van der Waals surface area contributed by atoms with E-state index in [1.807, 2.05) is 32.0 Å². The molecule has 0 saturated heterocycles. The highest BCUT2D eigenvalue weighted by Crippen LogP contribution is 2.24. The van der Waals surface area contributed by atoms with Gasteiger partial charge in [-0.3, -0.25) is 0 Å². The number of hydrogen-bond acceptors (Lipinski definition) is 5. The van der Waals surface area contributed by atoms with Crippen molar-refractivity contribution in [1.82, 2.24) is 14.5 Å². The largest absolute Gasteiger partial charge is 0.312 e. The fourth-order valence-electron chi connectivity index (χ4n) is 1.45. The third-order valence-corrected chi connectivity index (χ3v) is 6.12. The fourth-order valence-corrected chi connectivity index (χ4v) is 4.15. The second-order valence-corrected chi connectivity index (χ2v) is 8.07. The van der Waals surface area contributed by atoms with E-state index in [1.165, 1.54) is 15.6 Å². The number of nitrogens with one attached hydrogen (secondary N) is 1. The molecule has 110 valence electrons. The number of sulfonamides is 1. The standard InChI is InChI=1S/C12H23N3O2S2/c1-5-13-10-11-6-7-12(18-11)19(16,17)15(4)9-8-14(2)3/h6-7,13H,5,8-10H2,1-4H3. The van der Waals surface area contributed by atoms with Crippen molar-refractivity contribution in [1.29, 1.82) is 0 Å². The second kappa shape index (κ2) is 7.35. The van der Waals surface area contributed by atoms with E-state index in [2.05, 4.69) is 5.32 Å². The summed E-state index contributed by atoms with van der Waals surface area (Å²) in [6.07, 6.45) is 0. The van der Waals surface area contributed by atoms with Crippen molar-refractivity contribution in [2.45, 2.75) is 17.7 Å². The van der Waals surface area contributed by atoms with Crippen molar-refractivity contribution in [2.24, 2.45) is 0 Å². The topological polar surface area (TPSA) is 52.7 Å². The third-order valence-electron chi connectivity index (χ3n) is 2.71. The highest BCUT2D eigenvalue weighted by atomic mass is 32.2. The Morgan fingerprint density at radius 1 is 1.21 bits per heavy atom.